The van der Waals surface area contributed by atoms with E-state index in [-0.39, 0.29) is 5.91 Å². The predicted octanol–water partition coefficient (Wildman–Crippen LogP) is 4.58. The van der Waals surface area contributed by atoms with Gasteiger partial charge in [0.2, 0.25) is 5.91 Å². The van der Waals surface area contributed by atoms with Crippen molar-refractivity contribution >= 4 is 39.2 Å². The van der Waals surface area contributed by atoms with E-state index in [9.17, 15) is 4.79 Å². The third-order valence-corrected chi connectivity index (χ3v) is 6.54. The molecule has 2 aromatic rings. The number of fused-ring (bicyclic) bond motifs is 1. The van der Waals surface area contributed by atoms with Gasteiger partial charge in [-0.1, -0.05) is 18.7 Å². The molecule has 1 amide bonds. The summed E-state index contributed by atoms with van der Waals surface area (Å²) >= 11 is 3.19. The molecule has 6 heteroatoms. The molecule has 2 heterocycles. The summed E-state index contributed by atoms with van der Waals surface area (Å²) in [5, 5.41) is 0. The van der Waals surface area contributed by atoms with Crippen LogP contribution in [0.4, 0.5) is 0 Å². The van der Waals surface area contributed by atoms with E-state index in [1.165, 1.54) is 6.42 Å². The molecule has 24 heavy (non-hydrogen) atoms. The second kappa shape index (κ2) is 8.21. The molecule has 1 aromatic heterocycles. The summed E-state index contributed by atoms with van der Waals surface area (Å²) < 4.78 is 7.60. The molecule has 1 saturated heterocycles. The van der Waals surface area contributed by atoms with Crippen LogP contribution in [0, 0.1) is 0 Å². The molecule has 1 aliphatic heterocycles. The molecule has 1 fully saturated rings. The largest absolute Gasteiger partial charge is 0.494 e. The summed E-state index contributed by atoms with van der Waals surface area (Å²) in [6.07, 6.45) is 4.58. The molecule has 1 atom stereocenters. The Morgan fingerprint density at radius 3 is 3.08 bits per heavy atom. The summed E-state index contributed by atoms with van der Waals surface area (Å²) in [7, 11) is 0. The number of carbonyl (C=O) groups excluding carboxylic acids is 1. The van der Waals surface area contributed by atoms with Crippen LogP contribution in [0.2, 0.25) is 0 Å². The van der Waals surface area contributed by atoms with Gasteiger partial charge in [0.25, 0.3) is 0 Å². The molecule has 4 nitrogen and oxygen atoms in total. The Bertz CT molecular complexity index is 701. The van der Waals surface area contributed by atoms with Crippen molar-refractivity contribution in [1.29, 1.82) is 0 Å². The highest BCUT2D eigenvalue weighted by Crippen LogP contribution is 2.32. The SMILES string of the molecule is CCOc1ccc2nc(SCC(=O)N3CCCCC3CC)sc2c1. The fraction of sp³-hybridized carbons (Fsp3) is 0.556. The maximum atomic E-state index is 12.6. The first-order valence-corrected chi connectivity index (χ1v) is 10.5. The van der Waals surface area contributed by atoms with E-state index in [0.29, 0.717) is 18.4 Å². The molecular formula is C18H24N2O2S2. The van der Waals surface area contributed by atoms with Gasteiger partial charge in [0.1, 0.15) is 5.75 Å². The van der Waals surface area contributed by atoms with Crippen LogP contribution in [-0.4, -0.2) is 40.7 Å². The van der Waals surface area contributed by atoms with Crippen LogP contribution in [0.15, 0.2) is 22.5 Å². The minimum absolute atomic E-state index is 0.251. The molecule has 1 aliphatic rings. The van der Waals surface area contributed by atoms with E-state index in [0.717, 1.165) is 46.1 Å². The average Bonchev–Trinajstić information content (AvgIpc) is 3.02. The monoisotopic (exact) mass is 364 g/mol. The number of ether oxygens (including phenoxy) is 1. The highest BCUT2D eigenvalue weighted by Gasteiger charge is 2.25. The van der Waals surface area contributed by atoms with Crippen LogP contribution in [-0.2, 0) is 4.79 Å². The highest BCUT2D eigenvalue weighted by molar-refractivity contribution is 8.01. The molecule has 0 N–H and O–H groups in total. The molecule has 0 saturated carbocycles. The summed E-state index contributed by atoms with van der Waals surface area (Å²) in [6, 6.07) is 6.39. The van der Waals surface area contributed by atoms with Crippen LogP contribution < -0.4 is 4.74 Å². The topological polar surface area (TPSA) is 42.4 Å². The van der Waals surface area contributed by atoms with Gasteiger partial charge in [-0.25, -0.2) is 4.98 Å². The molecule has 0 radical (unpaired) electrons. The Labute approximate surface area is 151 Å². The van der Waals surface area contributed by atoms with Crippen molar-refractivity contribution in [3.8, 4) is 5.75 Å². The lowest BCUT2D eigenvalue weighted by Crippen LogP contribution is -2.44. The van der Waals surface area contributed by atoms with Crippen molar-refractivity contribution in [2.75, 3.05) is 18.9 Å². The predicted molar refractivity (Wildman–Crippen MR) is 101 cm³/mol. The molecule has 0 aliphatic carbocycles. The number of carbonyl (C=O) groups is 1. The summed E-state index contributed by atoms with van der Waals surface area (Å²) in [6.45, 7) is 5.73. The third-order valence-electron chi connectivity index (χ3n) is 4.39. The number of hydrogen-bond donors (Lipinski definition) is 0. The number of piperidine rings is 1. The van der Waals surface area contributed by atoms with Gasteiger partial charge < -0.3 is 9.64 Å². The first-order chi connectivity index (χ1) is 11.7. The standard InChI is InChI=1S/C18H24N2O2S2/c1-3-13-7-5-6-10-20(13)17(21)12-23-18-19-15-9-8-14(22-4-2)11-16(15)24-18/h8-9,11,13H,3-7,10,12H2,1-2H3. The number of aromatic nitrogens is 1. The van der Waals surface area contributed by atoms with Crippen molar-refractivity contribution in [2.45, 2.75) is 49.9 Å². The number of thiazole rings is 1. The molecule has 3 rings (SSSR count). The Kier molecular flexibility index (Phi) is 6.00. The Balaban J connectivity index is 1.63. The third kappa shape index (κ3) is 4.03. The zero-order valence-electron chi connectivity index (χ0n) is 14.3. The molecule has 0 bridgehead atoms. The lowest BCUT2D eigenvalue weighted by atomic mass is 10.0. The fourth-order valence-electron chi connectivity index (χ4n) is 3.16. The van der Waals surface area contributed by atoms with E-state index in [1.54, 1.807) is 23.1 Å². The van der Waals surface area contributed by atoms with Crippen molar-refractivity contribution in [3.63, 3.8) is 0 Å². The Morgan fingerprint density at radius 2 is 2.29 bits per heavy atom. The van der Waals surface area contributed by atoms with E-state index in [2.05, 4.69) is 16.8 Å². The summed E-state index contributed by atoms with van der Waals surface area (Å²) in [5.41, 5.74) is 0.975. The number of rotatable bonds is 6. The van der Waals surface area contributed by atoms with Crippen molar-refractivity contribution in [1.82, 2.24) is 9.88 Å². The normalized spacial score (nSPS) is 18.1. The van der Waals surface area contributed by atoms with E-state index in [1.807, 2.05) is 25.1 Å². The van der Waals surface area contributed by atoms with Gasteiger partial charge in [-0.2, -0.15) is 0 Å². The fourth-order valence-corrected chi connectivity index (χ4v) is 5.14. The van der Waals surface area contributed by atoms with Crippen LogP contribution in [0.1, 0.15) is 39.5 Å². The van der Waals surface area contributed by atoms with Crippen LogP contribution in [0.25, 0.3) is 10.2 Å². The van der Waals surface area contributed by atoms with Gasteiger partial charge in [0.05, 0.1) is 22.6 Å². The van der Waals surface area contributed by atoms with Gasteiger partial charge in [-0.3, -0.25) is 4.79 Å². The average molecular weight is 365 g/mol. The Morgan fingerprint density at radius 1 is 1.42 bits per heavy atom. The lowest BCUT2D eigenvalue weighted by Gasteiger charge is -2.35. The van der Waals surface area contributed by atoms with Crippen molar-refractivity contribution in [3.05, 3.63) is 18.2 Å². The maximum Gasteiger partial charge on any atom is 0.233 e. The van der Waals surface area contributed by atoms with Crippen LogP contribution >= 0.6 is 23.1 Å². The van der Waals surface area contributed by atoms with Gasteiger partial charge in [0.15, 0.2) is 4.34 Å². The molecule has 130 valence electrons. The summed E-state index contributed by atoms with van der Waals surface area (Å²) in [4.78, 5) is 19.3. The van der Waals surface area contributed by atoms with Gasteiger partial charge in [0, 0.05) is 12.6 Å². The maximum absolute atomic E-state index is 12.6. The highest BCUT2D eigenvalue weighted by atomic mass is 32.2. The lowest BCUT2D eigenvalue weighted by molar-refractivity contribution is -0.132. The van der Waals surface area contributed by atoms with Gasteiger partial charge in [-0.05, 0) is 50.8 Å². The van der Waals surface area contributed by atoms with Crippen LogP contribution in [0.5, 0.6) is 5.75 Å². The first kappa shape index (κ1) is 17.5. The first-order valence-electron chi connectivity index (χ1n) is 8.67. The minimum Gasteiger partial charge on any atom is -0.494 e. The van der Waals surface area contributed by atoms with Crippen LogP contribution in [0.3, 0.4) is 0 Å². The number of amides is 1. The second-order valence-corrected chi connectivity index (χ2v) is 8.23. The zero-order valence-corrected chi connectivity index (χ0v) is 15.9. The van der Waals surface area contributed by atoms with E-state index < -0.39 is 0 Å². The zero-order chi connectivity index (χ0) is 16.9. The van der Waals surface area contributed by atoms with Crippen molar-refractivity contribution in [2.24, 2.45) is 0 Å². The number of benzene rings is 1. The number of hydrogen-bond acceptors (Lipinski definition) is 5. The molecule has 0 spiro atoms. The quantitative estimate of drug-likeness (QED) is 0.704. The number of likely N-dealkylation sites (tertiary alicyclic amines) is 1. The second-order valence-electron chi connectivity index (χ2n) is 5.98. The number of nitrogens with zero attached hydrogens (tertiary/aromatic N) is 2. The van der Waals surface area contributed by atoms with Gasteiger partial charge in [-0.15, -0.1) is 11.3 Å². The molecule has 1 unspecified atom stereocenters. The molecular weight excluding hydrogens is 340 g/mol. The number of thioether (sulfide) groups is 1. The molecule has 1 aromatic carbocycles. The van der Waals surface area contributed by atoms with Crippen molar-refractivity contribution < 1.29 is 9.53 Å². The van der Waals surface area contributed by atoms with E-state index in [4.69, 9.17) is 4.74 Å². The smallest absolute Gasteiger partial charge is 0.233 e. The van der Waals surface area contributed by atoms with Gasteiger partial charge >= 0.3 is 0 Å². The van der Waals surface area contributed by atoms with E-state index >= 15 is 0 Å². The summed E-state index contributed by atoms with van der Waals surface area (Å²) in [5.74, 6) is 1.61. The Hall–Kier alpha value is -1.27. The minimum atomic E-state index is 0.251.